The zero-order valence-corrected chi connectivity index (χ0v) is 21.4. The van der Waals surface area contributed by atoms with E-state index in [-0.39, 0.29) is 11.5 Å². The van der Waals surface area contributed by atoms with Gasteiger partial charge in [-0.05, 0) is 69.5 Å². The Hall–Kier alpha value is -1.93. The Kier molecular flexibility index (Phi) is 7.43. The number of rotatable bonds is 7. The van der Waals surface area contributed by atoms with Crippen molar-refractivity contribution in [1.82, 2.24) is 14.5 Å². The number of hydrogen-bond donors (Lipinski definition) is 1. The van der Waals surface area contributed by atoms with E-state index in [1.165, 1.54) is 4.88 Å². The molecule has 1 aliphatic carbocycles. The minimum Gasteiger partial charge on any atom is -0.323 e. The maximum atomic E-state index is 13.8. The molecule has 0 saturated carbocycles. The number of anilines is 1. The van der Waals surface area contributed by atoms with Crippen LogP contribution in [0, 0.1) is 0 Å². The van der Waals surface area contributed by atoms with Gasteiger partial charge in [-0.3, -0.25) is 19.1 Å². The lowest BCUT2D eigenvalue weighted by Gasteiger charge is -2.23. The van der Waals surface area contributed by atoms with E-state index in [4.69, 9.17) is 28.2 Å². The molecule has 3 aromatic rings. The maximum absolute atomic E-state index is 13.8. The van der Waals surface area contributed by atoms with Gasteiger partial charge >= 0.3 is 0 Å². The fourth-order valence-electron chi connectivity index (χ4n) is 4.37. The molecule has 33 heavy (non-hydrogen) atoms. The van der Waals surface area contributed by atoms with Gasteiger partial charge in [0.15, 0.2) is 0 Å². The molecule has 9 heteroatoms. The molecule has 1 aliphatic rings. The second-order valence-electron chi connectivity index (χ2n) is 8.35. The normalized spacial score (nSPS) is 14.5. The standard InChI is InChI=1S/C24H28Cl2N4O2S/c1-4-29(5-2)13-20-28-23-21(16-8-6-7-9-19(16)33-23)24(32)30(20)14(3)22(31)27-18-12-15(25)10-11-17(18)26/h10-12,14H,4-9,13H2,1-3H3,(H,27,31). The summed E-state index contributed by atoms with van der Waals surface area (Å²) in [6.45, 7) is 8.02. The van der Waals surface area contributed by atoms with Crippen molar-refractivity contribution in [3.63, 3.8) is 0 Å². The predicted octanol–water partition coefficient (Wildman–Crippen LogP) is 5.69. The van der Waals surface area contributed by atoms with Crippen LogP contribution in [0.25, 0.3) is 10.2 Å². The Bertz CT molecular complexity index is 1250. The molecule has 0 bridgehead atoms. The number of aromatic nitrogens is 2. The molecule has 0 aliphatic heterocycles. The summed E-state index contributed by atoms with van der Waals surface area (Å²) in [5, 5.41) is 4.37. The van der Waals surface area contributed by atoms with Gasteiger partial charge < -0.3 is 5.32 Å². The lowest BCUT2D eigenvalue weighted by molar-refractivity contribution is -0.119. The van der Waals surface area contributed by atoms with Crippen molar-refractivity contribution in [2.24, 2.45) is 0 Å². The Balaban J connectivity index is 1.80. The number of halogens is 2. The zero-order valence-electron chi connectivity index (χ0n) is 19.1. The minimum absolute atomic E-state index is 0.138. The monoisotopic (exact) mass is 506 g/mol. The molecular formula is C24H28Cl2N4O2S. The topological polar surface area (TPSA) is 67.2 Å². The van der Waals surface area contributed by atoms with Crippen LogP contribution in [-0.2, 0) is 24.2 Å². The summed E-state index contributed by atoms with van der Waals surface area (Å²) in [6, 6.07) is 4.12. The molecule has 6 nitrogen and oxygen atoms in total. The number of nitrogens with one attached hydrogen (secondary N) is 1. The predicted molar refractivity (Wildman–Crippen MR) is 137 cm³/mol. The second-order valence-corrected chi connectivity index (χ2v) is 10.3. The summed E-state index contributed by atoms with van der Waals surface area (Å²) in [7, 11) is 0. The number of amides is 1. The summed E-state index contributed by atoms with van der Waals surface area (Å²) < 4.78 is 1.57. The van der Waals surface area contributed by atoms with Gasteiger partial charge in [0.05, 0.1) is 22.6 Å². The van der Waals surface area contributed by atoms with Gasteiger partial charge in [-0.1, -0.05) is 37.0 Å². The third kappa shape index (κ3) is 4.83. The molecule has 176 valence electrons. The highest BCUT2D eigenvalue weighted by atomic mass is 35.5. The van der Waals surface area contributed by atoms with E-state index in [0.29, 0.717) is 33.5 Å². The van der Waals surface area contributed by atoms with E-state index in [0.717, 1.165) is 49.2 Å². The number of carbonyl (C=O) groups is 1. The first-order valence-corrected chi connectivity index (χ1v) is 12.9. The van der Waals surface area contributed by atoms with Crippen LogP contribution < -0.4 is 10.9 Å². The van der Waals surface area contributed by atoms with Crippen LogP contribution in [0.2, 0.25) is 10.0 Å². The Morgan fingerprint density at radius 3 is 2.70 bits per heavy atom. The first-order valence-electron chi connectivity index (χ1n) is 11.4. The first kappa shape index (κ1) is 24.2. The van der Waals surface area contributed by atoms with Gasteiger partial charge in [0, 0.05) is 9.90 Å². The average Bonchev–Trinajstić information content (AvgIpc) is 3.18. The van der Waals surface area contributed by atoms with Crippen LogP contribution >= 0.6 is 34.5 Å². The SMILES string of the molecule is CCN(CC)Cc1nc2sc3c(c2c(=O)n1C(C)C(=O)Nc1cc(Cl)ccc1Cl)CCCC3. The maximum Gasteiger partial charge on any atom is 0.263 e. The Morgan fingerprint density at radius 1 is 1.24 bits per heavy atom. The van der Waals surface area contributed by atoms with E-state index in [9.17, 15) is 9.59 Å². The van der Waals surface area contributed by atoms with Gasteiger partial charge in [0.25, 0.3) is 5.56 Å². The summed E-state index contributed by atoms with van der Waals surface area (Å²) in [4.78, 5) is 36.3. The number of carbonyl (C=O) groups excluding carboxylic acids is 1. The van der Waals surface area contributed by atoms with Crippen molar-refractivity contribution in [1.29, 1.82) is 0 Å². The highest BCUT2D eigenvalue weighted by Gasteiger charge is 2.27. The van der Waals surface area contributed by atoms with E-state index >= 15 is 0 Å². The minimum atomic E-state index is -0.769. The molecule has 0 radical (unpaired) electrons. The lowest BCUT2D eigenvalue weighted by atomic mass is 9.97. The molecule has 1 unspecified atom stereocenters. The van der Waals surface area contributed by atoms with Gasteiger partial charge in [0.1, 0.15) is 16.7 Å². The quantitative estimate of drug-likeness (QED) is 0.447. The van der Waals surface area contributed by atoms with Crippen molar-refractivity contribution in [2.75, 3.05) is 18.4 Å². The number of aryl methyl sites for hydroxylation is 2. The van der Waals surface area contributed by atoms with Crippen LogP contribution in [0.1, 0.15) is 55.9 Å². The fourth-order valence-corrected chi connectivity index (χ4v) is 5.97. The van der Waals surface area contributed by atoms with Crippen LogP contribution in [0.5, 0.6) is 0 Å². The molecule has 1 N–H and O–H groups in total. The highest BCUT2D eigenvalue weighted by Crippen LogP contribution is 2.34. The Morgan fingerprint density at radius 2 is 1.97 bits per heavy atom. The number of benzene rings is 1. The summed E-state index contributed by atoms with van der Waals surface area (Å²) in [5.74, 6) is 0.266. The molecular weight excluding hydrogens is 479 g/mol. The van der Waals surface area contributed by atoms with Crippen LogP contribution in [-0.4, -0.2) is 33.4 Å². The van der Waals surface area contributed by atoms with Gasteiger partial charge in [-0.25, -0.2) is 4.98 Å². The van der Waals surface area contributed by atoms with Crippen molar-refractivity contribution >= 4 is 56.3 Å². The van der Waals surface area contributed by atoms with Crippen LogP contribution in [0.4, 0.5) is 5.69 Å². The highest BCUT2D eigenvalue weighted by molar-refractivity contribution is 7.18. The summed E-state index contributed by atoms with van der Waals surface area (Å²) >= 11 is 14.0. The van der Waals surface area contributed by atoms with E-state index in [1.54, 1.807) is 41.0 Å². The van der Waals surface area contributed by atoms with Crippen LogP contribution in [0.15, 0.2) is 23.0 Å². The van der Waals surface area contributed by atoms with E-state index < -0.39 is 6.04 Å². The van der Waals surface area contributed by atoms with Crippen molar-refractivity contribution in [3.05, 3.63) is 54.9 Å². The largest absolute Gasteiger partial charge is 0.323 e. The zero-order chi connectivity index (χ0) is 23.7. The molecule has 0 spiro atoms. The third-order valence-electron chi connectivity index (χ3n) is 6.31. The van der Waals surface area contributed by atoms with Crippen molar-refractivity contribution in [3.8, 4) is 0 Å². The molecule has 0 fully saturated rings. The molecule has 2 heterocycles. The van der Waals surface area contributed by atoms with Crippen molar-refractivity contribution in [2.45, 2.75) is 59.0 Å². The van der Waals surface area contributed by atoms with E-state index in [1.807, 2.05) is 0 Å². The molecule has 4 rings (SSSR count). The van der Waals surface area contributed by atoms with Crippen LogP contribution in [0.3, 0.4) is 0 Å². The van der Waals surface area contributed by atoms with Gasteiger partial charge in [0.2, 0.25) is 5.91 Å². The third-order valence-corrected chi connectivity index (χ3v) is 8.06. The lowest BCUT2D eigenvalue weighted by Crippen LogP contribution is -2.37. The molecule has 2 aromatic heterocycles. The average molecular weight is 507 g/mol. The number of hydrogen-bond acceptors (Lipinski definition) is 5. The van der Waals surface area contributed by atoms with Crippen molar-refractivity contribution < 1.29 is 4.79 Å². The second kappa shape index (κ2) is 10.1. The number of fused-ring (bicyclic) bond motifs is 3. The summed E-state index contributed by atoms with van der Waals surface area (Å²) in [6.07, 6.45) is 4.09. The molecule has 1 aromatic carbocycles. The smallest absolute Gasteiger partial charge is 0.263 e. The number of thiophene rings is 1. The van der Waals surface area contributed by atoms with E-state index in [2.05, 4.69) is 24.1 Å². The molecule has 1 amide bonds. The van der Waals surface area contributed by atoms with Gasteiger partial charge in [-0.15, -0.1) is 11.3 Å². The summed E-state index contributed by atoms with van der Waals surface area (Å²) in [5.41, 5.74) is 1.40. The Labute approximate surface area is 207 Å². The van der Waals surface area contributed by atoms with Gasteiger partial charge in [-0.2, -0.15) is 0 Å². The molecule has 1 atom stereocenters. The first-order chi connectivity index (χ1) is 15.8. The fraction of sp³-hybridized carbons (Fsp3) is 0.458. The number of nitrogens with zero attached hydrogens (tertiary/aromatic N) is 3. The molecule has 0 saturated heterocycles.